The van der Waals surface area contributed by atoms with E-state index >= 15 is 0 Å². The molecule has 12 rings (SSSR count). The molecule has 6 nitrogen and oxygen atoms in total. The molecule has 0 aliphatic carbocycles. The highest BCUT2D eigenvalue weighted by atomic mass is 16.3. The van der Waals surface area contributed by atoms with E-state index in [1.165, 1.54) is 0 Å². The number of fused-ring (bicyclic) bond motifs is 9. The Morgan fingerprint density at radius 1 is 0.421 bits per heavy atom. The van der Waals surface area contributed by atoms with E-state index in [1.54, 1.807) is 0 Å². The average molecular weight is 735 g/mol. The fraction of sp³-hybridized carbons (Fsp3) is 0. The third-order valence-corrected chi connectivity index (χ3v) is 10.9. The van der Waals surface area contributed by atoms with Crippen LogP contribution >= 0.6 is 0 Å². The molecule has 0 atom stereocenters. The van der Waals surface area contributed by atoms with Crippen molar-refractivity contribution in [2.45, 2.75) is 0 Å². The van der Waals surface area contributed by atoms with Gasteiger partial charge in [-0.3, -0.25) is 4.57 Å². The van der Waals surface area contributed by atoms with Crippen molar-refractivity contribution in [2.24, 2.45) is 0 Å². The minimum Gasteiger partial charge on any atom is -0.456 e. The number of nitrogens with zero attached hydrogens (tertiary/aromatic N) is 5. The van der Waals surface area contributed by atoms with Gasteiger partial charge in [-0.2, -0.15) is 9.97 Å². The Morgan fingerprint density at radius 3 is 1.74 bits per heavy atom. The Morgan fingerprint density at radius 2 is 1.02 bits per heavy atom. The zero-order valence-corrected chi connectivity index (χ0v) is 30.2. The van der Waals surface area contributed by atoms with Crippen LogP contribution in [0.3, 0.4) is 0 Å². The highest BCUT2D eigenvalue weighted by molar-refractivity contribution is 6.18. The summed E-state index contributed by atoms with van der Waals surface area (Å²) in [4.78, 5) is 15.1. The molecule has 0 N–H and O–H groups in total. The van der Waals surface area contributed by atoms with Crippen LogP contribution in [-0.4, -0.2) is 24.1 Å². The van der Waals surface area contributed by atoms with Gasteiger partial charge in [0.1, 0.15) is 11.2 Å². The largest absolute Gasteiger partial charge is 0.456 e. The van der Waals surface area contributed by atoms with Crippen LogP contribution in [0.5, 0.6) is 0 Å². The Kier molecular flexibility index (Phi) is 5.82. The van der Waals surface area contributed by atoms with Crippen molar-refractivity contribution in [1.29, 1.82) is 0 Å². The second-order valence-corrected chi connectivity index (χ2v) is 14.0. The van der Waals surface area contributed by atoms with E-state index in [9.17, 15) is 0 Å². The van der Waals surface area contributed by atoms with Crippen LogP contribution in [0.25, 0.3) is 111 Å². The quantitative estimate of drug-likeness (QED) is 0.177. The number of rotatable bonds is 5. The van der Waals surface area contributed by atoms with Crippen LogP contribution in [0, 0.1) is 0 Å². The van der Waals surface area contributed by atoms with Gasteiger partial charge in [-0.25, -0.2) is 4.98 Å². The number of furan rings is 1. The third kappa shape index (κ3) is 4.81. The average Bonchev–Trinajstić information content (AvgIpc) is 3.98. The number of para-hydroxylation sites is 3. The fourth-order valence-corrected chi connectivity index (χ4v) is 8.46. The zero-order valence-electron chi connectivity index (χ0n) is 35.2. The summed E-state index contributed by atoms with van der Waals surface area (Å²) in [6.45, 7) is 0. The minimum absolute atomic E-state index is 0.0512. The lowest BCUT2D eigenvalue weighted by Crippen LogP contribution is -2.06. The predicted molar refractivity (Wildman–Crippen MR) is 232 cm³/mol. The highest BCUT2D eigenvalue weighted by Crippen LogP contribution is 2.43. The van der Waals surface area contributed by atoms with Crippen molar-refractivity contribution in [3.05, 3.63) is 188 Å². The lowest BCUT2D eigenvalue weighted by atomic mass is 10.0. The molecule has 0 aliphatic rings. The van der Waals surface area contributed by atoms with Gasteiger partial charge in [0, 0.05) is 38.1 Å². The molecule has 0 unspecified atom stereocenters. The van der Waals surface area contributed by atoms with E-state index in [0.717, 1.165) is 71.2 Å². The van der Waals surface area contributed by atoms with Gasteiger partial charge in [-0.1, -0.05) is 145 Å². The second-order valence-electron chi connectivity index (χ2n) is 14.0. The van der Waals surface area contributed by atoms with Gasteiger partial charge in [-0.15, -0.1) is 0 Å². The Bertz CT molecular complexity index is 3750. The van der Waals surface area contributed by atoms with Gasteiger partial charge in [0.15, 0.2) is 11.6 Å². The van der Waals surface area contributed by atoms with Gasteiger partial charge in [0.05, 0.1) is 40.0 Å². The molecule has 0 spiro atoms. The summed E-state index contributed by atoms with van der Waals surface area (Å²) in [6, 6.07) is 50.8. The summed E-state index contributed by atoms with van der Waals surface area (Å²) in [7, 11) is 0. The normalized spacial score (nSPS) is 13.1. The van der Waals surface area contributed by atoms with Crippen LogP contribution in [0.4, 0.5) is 0 Å². The molecule has 0 aliphatic heterocycles. The van der Waals surface area contributed by atoms with Gasteiger partial charge in [0.25, 0.3) is 0 Å². The molecule has 0 radical (unpaired) electrons. The molecule has 6 heteroatoms. The van der Waals surface area contributed by atoms with Gasteiger partial charge in [0.2, 0.25) is 5.95 Å². The number of benzene rings is 8. The van der Waals surface area contributed by atoms with E-state index in [1.807, 2.05) is 102 Å². The summed E-state index contributed by atoms with van der Waals surface area (Å²) in [6.07, 6.45) is 0. The molecule has 0 amide bonds. The van der Waals surface area contributed by atoms with Crippen LogP contribution in [0.2, 0.25) is 0 Å². The number of aromatic nitrogens is 5. The lowest BCUT2D eigenvalue weighted by Gasteiger charge is -2.13. The highest BCUT2D eigenvalue weighted by Gasteiger charge is 2.23. The molecule has 57 heavy (non-hydrogen) atoms. The van der Waals surface area contributed by atoms with Crippen LogP contribution in [0.1, 0.15) is 6.85 Å². The van der Waals surface area contributed by atoms with Crippen LogP contribution < -0.4 is 0 Å². The molecule has 8 aromatic carbocycles. The maximum absolute atomic E-state index is 8.98. The molecule has 4 aromatic heterocycles. The molecule has 12 aromatic rings. The molecule has 0 saturated carbocycles. The maximum atomic E-state index is 8.98. The first-order valence-electron chi connectivity index (χ1n) is 21.2. The van der Waals surface area contributed by atoms with Crippen LogP contribution in [0.15, 0.2) is 192 Å². The standard InChI is InChI=1S/C51H31N5O/c1-3-15-32(16-4-1)34-29-30-38-37-21-7-10-23-40(37)55(44(38)31-34)43-26-14-28-46-48(43)47-39(22-13-27-45(47)57-46)50-52-49(33-17-5-2-6-18-33)53-51(54-50)56-41-24-11-8-19-35(41)36-20-9-12-25-42(36)56/h1-31H/i2D,5D,6D,17D,18D. The molecule has 266 valence electrons. The van der Waals surface area contributed by atoms with Crippen molar-refractivity contribution in [3.63, 3.8) is 0 Å². The molecule has 0 bridgehead atoms. The SMILES string of the molecule is [2H]c1c([2H])c([2H])c(-c2nc(-c3cccc4oc5cccc(-n6c7ccccc7c7ccc(-c8ccccc8)cc76)c5c34)nc(-n3c4ccccc4c4ccccc43)n2)c([2H])c1[2H]. The topological polar surface area (TPSA) is 61.7 Å². The Hall–Kier alpha value is -7.83. The number of hydrogen-bond acceptors (Lipinski definition) is 4. The van der Waals surface area contributed by atoms with Crippen molar-refractivity contribution in [1.82, 2.24) is 24.1 Å². The predicted octanol–water partition coefficient (Wildman–Crippen LogP) is 13.0. The first-order valence-corrected chi connectivity index (χ1v) is 18.7. The van der Waals surface area contributed by atoms with E-state index < -0.39 is 30.2 Å². The summed E-state index contributed by atoms with van der Waals surface area (Å²) >= 11 is 0. The summed E-state index contributed by atoms with van der Waals surface area (Å²) in [5, 5.41) is 5.81. The van der Waals surface area contributed by atoms with Gasteiger partial charge in [-0.05, 0) is 53.6 Å². The number of hydrogen-bond donors (Lipinski definition) is 0. The van der Waals surface area contributed by atoms with Crippen molar-refractivity contribution in [2.75, 3.05) is 0 Å². The Labute approximate surface area is 333 Å². The van der Waals surface area contributed by atoms with E-state index in [-0.39, 0.29) is 23.2 Å². The molecular weight excluding hydrogens is 699 g/mol. The van der Waals surface area contributed by atoms with E-state index in [0.29, 0.717) is 16.7 Å². The fourth-order valence-electron chi connectivity index (χ4n) is 8.46. The first kappa shape index (κ1) is 26.9. The molecule has 0 fully saturated rings. The second kappa shape index (κ2) is 12.3. The summed E-state index contributed by atoms with van der Waals surface area (Å²) < 4.78 is 54.3. The lowest BCUT2D eigenvalue weighted by molar-refractivity contribution is 0.669. The van der Waals surface area contributed by atoms with E-state index in [2.05, 4.69) is 65.2 Å². The summed E-state index contributed by atoms with van der Waals surface area (Å²) in [5.41, 5.74) is 8.63. The molecule has 4 heterocycles. The van der Waals surface area contributed by atoms with Crippen molar-refractivity contribution < 1.29 is 11.3 Å². The van der Waals surface area contributed by atoms with Gasteiger partial charge < -0.3 is 8.98 Å². The first-order chi connectivity index (χ1) is 30.4. The minimum atomic E-state index is -0.497. The van der Waals surface area contributed by atoms with Gasteiger partial charge >= 0.3 is 0 Å². The van der Waals surface area contributed by atoms with Crippen molar-refractivity contribution in [3.8, 4) is 45.5 Å². The maximum Gasteiger partial charge on any atom is 0.238 e. The molecule has 0 saturated heterocycles. The smallest absolute Gasteiger partial charge is 0.238 e. The molecular formula is C51H31N5O. The van der Waals surface area contributed by atoms with Crippen molar-refractivity contribution >= 4 is 65.6 Å². The van der Waals surface area contributed by atoms with Crippen LogP contribution in [-0.2, 0) is 0 Å². The Balaban J connectivity index is 1.18. The third-order valence-electron chi connectivity index (χ3n) is 10.9. The monoisotopic (exact) mass is 734 g/mol. The zero-order chi connectivity index (χ0) is 41.8. The summed E-state index contributed by atoms with van der Waals surface area (Å²) in [5.74, 6) is 0.426. The van der Waals surface area contributed by atoms with E-state index in [4.69, 9.17) is 26.2 Å².